The molecule has 0 amide bonds. The van der Waals surface area contributed by atoms with E-state index in [0.29, 0.717) is 36.2 Å². The van der Waals surface area contributed by atoms with Gasteiger partial charge in [0.15, 0.2) is 0 Å². The zero-order chi connectivity index (χ0) is 22.6. The minimum absolute atomic E-state index is 0.0476. The molecule has 1 saturated heterocycles. The second-order valence-corrected chi connectivity index (χ2v) is 9.71. The average molecular weight is 469 g/mol. The number of rotatable bonds is 6. The largest absolute Gasteiger partial charge is 0.503 e. The van der Waals surface area contributed by atoms with E-state index in [1.807, 2.05) is 18.2 Å². The fourth-order valence-electron chi connectivity index (χ4n) is 3.79. The molecule has 2 aromatic carbocycles. The van der Waals surface area contributed by atoms with Crippen molar-refractivity contribution in [1.29, 1.82) is 0 Å². The summed E-state index contributed by atoms with van der Waals surface area (Å²) in [6.45, 7) is 2.90. The molecular weight excluding hydrogens is 444 g/mol. The molecule has 3 N–H and O–H groups in total. The first kappa shape index (κ1) is 23.3. The first-order valence-electron chi connectivity index (χ1n) is 9.84. The van der Waals surface area contributed by atoms with E-state index in [9.17, 15) is 8.42 Å². The van der Waals surface area contributed by atoms with Crippen LogP contribution in [0.25, 0.3) is 0 Å². The monoisotopic (exact) mass is 468 g/mol. The van der Waals surface area contributed by atoms with E-state index in [1.54, 1.807) is 24.3 Å². The topological polar surface area (TPSA) is 116 Å². The molecular formula is C21H25ClN2O6S. The quantitative estimate of drug-likeness (QED) is 0.595. The zero-order valence-electron chi connectivity index (χ0n) is 16.9. The lowest BCUT2D eigenvalue weighted by Gasteiger charge is -2.18. The summed E-state index contributed by atoms with van der Waals surface area (Å²) in [5.74, 6) is 1.24. The molecule has 1 unspecified atom stereocenters. The molecule has 2 aromatic rings. The standard InChI is InChI=1S/C20H23ClN2O3S.CH2O3/c1-14-19(15-5-3-2-4-6-15)20(14)22-27(24,25)23-12-11-18(13-23)26-17-9-7-16(21)8-10-17;2-1(3)4/h2-10,14,18-20,22H,11-13H2,1H3;(H2,2,3,4)/t14-,18?,19-,20+;/m1./s1. The summed E-state index contributed by atoms with van der Waals surface area (Å²) in [5, 5.41) is 14.6. The van der Waals surface area contributed by atoms with Gasteiger partial charge in [0, 0.05) is 23.5 Å². The van der Waals surface area contributed by atoms with Gasteiger partial charge in [-0.2, -0.15) is 17.4 Å². The Bertz CT molecular complexity index is 983. The molecule has 2 fully saturated rings. The van der Waals surface area contributed by atoms with Crippen LogP contribution >= 0.6 is 11.6 Å². The second-order valence-electron chi connectivity index (χ2n) is 7.57. The molecule has 1 heterocycles. The number of halogens is 1. The highest BCUT2D eigenvalue weighted by Crippen LogP contribution is 2.47. The SMILES string of the molecule is C[C@H]1[C@H](NS(=O)(=O)N2CCC(Oc3ccc(Cl)cc3)C2)[C@H]1c1ccccc1.O=C(O)O. The fourth-order valence-corrected chi connectivity index (χ4v) is 5.48. The van der Waals surface area contributed by atoms with Gasteiger partial charge in [-0.25, -0.2) is 4.79 Å². The minimum atomic E-state index is -3.52. The molecule has 168 valence electrons. The van der Waals surface area contributed by atoms with Gasteiger partial charge < -0.3 is 14.9 Å². The molecule has 1 aliphatic carbocycles. The highest BCUT2D eigenvalue weighted by Gasteiger charge is 2.50. The maximum absolute atomic E-state index is 12.8. The average Bonchev–Trinajstić information content (AvgIpc) is 3.11. The van der Waals surface area contributed by atoms with Crippen LogP contribution in [0.2, 0.25) is 5.02 Å². The van der Waals surface area contributed by atoms with Crippen LogP contribution in [0.15, 0.2) is 54.6 Å². The van der Waals surface area contributed by atoms with E-state index in [1.165, 1.54) is 9.87 Å². The van der Waals surface area contributed by atoms with Gasteiger partial charge in [0.25, 0.3) is 10.2 Å². The first-order chi connectivity index (χ1) is 14.7. The number of carbonyl (C=O) groups is 1. The molecule has 4 atom stereocenters. The fraction of sp³-hybridized carbons (Fsp3) is 0.381. The third-order valence-corrected chi connectivity index (χ3v) is 7.25. The van der Waals surface area contributed by atoms with E-state index in [2.05, 4.69) is 23.8 Å². The second kappa shape index (κ2) is 9.86. The van der Waals surface area contributed by atoms with Crippen molar-refractivity contribution >= 4 is 28.0 Å². The van der Waals surface area contributed by atoms with Crippen LogP contribution in [0, 0.1) is 5.92 Å². The number of ether oxygens (including phenoxy) is 1. The van der Waals surface area contributed by atoms with Crippen LogP contribution in [0.3, 0.4) is 0 Å². The molecule has 2 aliphatic rings. The predicted octanol–water partition coefficient (Wildman–Crippen LogP) is 3.65. The maximum atomic E-state index is 12.8. The molecule has 10 heteroatoms. The Balaban J connectivity index is 0.000000628. The lowest BCUT2D eigenvalue weighted by molar-refractivity contribution is 0.137. The lowest BCUT2D eigenvalue weighted by atomic mass is 10.1. The van der Waals surface area contributed by atoms with Crippen molar-refractivity contribution in [2.24, 2.45) is 5.92 Å². The number of hydrogen-bond donors (Lipinski definition) is 3. The van der Waals surface area contributed by atoms with Gasteiger partial charge in [-0.3, -0.25) is 0 Å². The smallest absolute Gasteiger partial charge is 0.489 e. The van der Waals surface area contributed by atoms with Crippen LogP contribution < -0.4 is 9.46 Å². The molecule has 4 rings (SSSR count). The van der Waals surface area contributed by atoms with Crippen molar-refractivity contribution in [2.45, 2.75) is 31.4 Å². The Hall–Kier alpha value is -2.33. The lowest BCUT2D eigenvalue weighted by Crippen LogP contribution is -2.41. The van der Waals surface area contributed by atoms with Crippen LogP contribution in [-0.2, 0) is 10.2 Å². The van der Waals surface area contributed by atoms with Gasteiger partial charge in [-0.15, -0.1) is 0 Å². The normalized spacial score (nSPS) is 25.4. The summed E-state index contributed by atoms with van der Waals surface area (Å²) >= 11 is 5.88. The van der Waals surface area contributed by atoms with Gasteiger partial charge in [0.1, 0.15) is 11.9 Å². The van der Waals surface area contributed by atoms with Crippen molar-refractivity contribution in [2.75, 3.05) is 13.1 Å². The summed E-state index contributed by atoms with van der Waals surface area (Å²) < 4.78 is 35.8. The van der Waals surface area contributed by atoms with Gasteiger partial charge >= 0.3 is 6.16 Å². The van der Waals surface area contributed by atoms with Gasteiger partial charge in [-0.05, 0) is 42.2 Å². The van der Waals surface area contributed by atoms with Crippen molar-refractivity contribution in [1.82, 2.24) is 9.03 Å². The summed E-state index contributed by atoms with van der Waals surface area (Å²) in [4.78, 5) is 8.56. The number of benzene rings is 2. The van der Waals surface area contributed by atoms with Crippen LogP contribution in [0.5, 0.6) is 5.75 Å². The Morgan fingerprint density at radius 1 is 1.13 bits per heavy atom. The first-order valence-corrected chi connectivity index (χ1v) is 11.7. The molecule has 31 heavy (non-hydrogen) atoms. The third kappa shape index (κ3) is 6.33. The summed E-state index contributed by atoms with van der Waals surface area (Å²) in [7, 11) is -3.52. The van der Waals surface area contributed by atoms with E-state index in [4.69, 9.17) is 31.3 Å². The van der Waals surface area contributed by atoms with E-state index in [0.717, 1.165) is 0 Å². The third-order valence-electron chi connectivity index (χ3n) is 5.41. The predicted molar refractivity (Wildman–Crippen MR) is 117 cm³/mol. The maximum Gasteiger partial charge on any atom is 0.503 e. The molecule has 0 radical (unpaired) electrons. The molecule has 8 nitrogen and oxygen atoms in total. The molecule has 1 saturated carbocycles. The molecule has 1 aliphatic heterocycles. The van der Waals surface area contributed by atoms with Crippen molar-refractivity contribution in [3.8, 4) is 5.75 Å². The Morgan fingerprint density at radius 3 is 2.35 bits per heavy atom. The van der Waals surface area contributed by atoms with E-state index < -0.39 is 16.4 Å². The molecule has 0 aromatic heterocycles. The zero-order valence-corrected chi connectivity index (χ0v) is 18.5. The summed E-state index contributed by atoms with van der Waals surface area (Å²) in [6, 6.07) is 17.1. The van der Waals surface area contributed by atoms with Gasteiger partial charge in [0.05, 0.1) is 6.54 Å². The molecule has 0 bridgehead atoms. The summed E-state index contributed by atoms with van der Waals surface area (Å²) in [6.07, 6.45) is -1.31. The minimum Gasteiger partial charge on any atom is -0.489 e. The van der Waals surface area contributed by atoms with Crippen LogP contribution in [0.4, 0.5) is 4.79 Å². The Morgan fingerprint density at radius 2 is 1.74 bits per heavy atom. The highest BCUT2D eigenvalue weighted by molar-refractivity contribution is 7.87. The Labute approximate surface area is 186 Å². The molecule has 0 spiro atoms. The van der Waals surface area contributed by atoms with Crippen LogP contribution in [-0.4, -0.2) is 54.3 Å². The Kier molecular flexibility index (Phi) is 7.42. The summed E-state index contributed by atoms with van der Waals surface area (Å²) in [5.41, 5.74) is 1.18. The van der Waals surface area contributed by atoms with E-state index in [-0.39, 0.29) is 18.1 Å². The van der Waals surface area contributed by atoms with Crippen molar-refractivity contribution < 1.29 is 28.2 Å². The van der Waals surface area contributed by atoms with Crippen molar-refractivity contribution in [3.05, 3.63) is 65.2 Å². The van der Waals surface area contributed by atoms with Crippen LogP contribution in [0.1, 0.15) is 24.8 Å². The van der Waals surface area contributed by atoms with Gasteiger partial charge in [-0.1, -0.05) is 48.9 Å². The number of carboxylic acid groups (broad SMARTS) is 2. The van der Waals surface area contributed by atoms with E-state index >= 15 is 0 Å². The number of hydrogen-bond acceptors (Lipinski definition) is 4. The van der Waals surface area contributed by atoms with Gasteiger partial charge in [0.2, 0.25) is 0 Å². The van der Waals surface area contributed by atoms with Crippen molar-refractivity contribution in [3.63, 3.8) is 0 Å². The number of nitrogens with one attached hydrogen (secondary N) is 1. The number of nitrogens with zero attached hydrogens (tertiary/aromatic N) is 1. The highest BCUT2D eigenvalue weighted by atomic mass is 35.5.